The van der Waals surface area contributed by atoms with Crippen molar-refractivity contribution in [1.29, 1.82) is 0 Å². The highest BCUT2D eigenvalue weighted by Crippen LogP contribution is 2.31. The monoisotopic (exact) mass is 270 g/mol. The number of aliphatic imine (C=N–C) groups is 1. The molecule has 0 amide bonds. The van der Waals surface area contributed by atoms with Gasteiger partial charge in [-0.1, -0.05) is 10.9 Å². The van der Waals surface area contributed by atoms with Gasteiger partial charge in [0.05, 0.1) is 15.7 Å². The smallest absolute Gasteiger partial charge is 0.189 e. The van der Waals surface area contributed by atoms with Crippen molar-refractivity contribution in [1.82, 2.24) is 5.32 Å². The first-order valence-corrected chi connectivity index (χ1v) is 6.15. The maximum Gasteiger partial charge on any atom is 0.189 e. The molecule has 1 aromatic rings. The van der Waals surface area contributed by atoms with Gasteiger partial charge < -0.3 is 19.9 Å². The minimum Gasteiger partial charge on any atom is -0.485 e. The van der Waals surface area contributed by atoms with E-state index in [1.807, 2.05) is 0 Å². The van der Waals surface area contributed by atoms with E-state index in [0.717, 1.165) is 0 Å². The van der Waals surface area contributed by atoms with Crippen LogP contribution in [0.2, 0.25) is 0 Å². The Morgan fingerprint density at radius 3 is 2.38 bits per heavy atom. The number of amidine groups is 1. The molecule has 0 aromatic heterocycles. The molecule has 0 bridgehead atoms. The number of hydrogen-bond donors (Lipinski definition) is 2. The maximum absolute atomic E-state index is 9.84. The summed E-state index contributed by atoms with van der Waals surface area (Å²) >= 11 is 0. The van der Waals surface area contributed by atoms with Crippen LogP contribution in [-0.4, -0.2) is 73.8 Å². The summed E-state index contributed by atoms with van der Waals surface area (Å²) in [6, 6.07) is 3.11. The van der Waals surface area contributed by atoms with E-state index in [-0.39, 0.29) is 12.4 Å². The van der Waals surface area contributed by atoms with Crippen molar-refractivity contribution < 1.29 is 14.6 Å². The first kappa shape index (κ1) is 14.5. The second-order valence-electron chi connectivity index (χ2n) is 5.06. The Bertz CT molecular complexity index is 635. The minimum absolute atomic E-state index is 0.119. The van der Waals surface area contributed by atoms with Crippen molar-refractivity contribution in [3.63, 3.8) is 0 Å². The quantitative estimate of drug-likeness (QED) is 0.514. The van der Waals surface area contributed by atoms with Crippen LogP contribution in [-0.2, 0) is 0 Å². The molecule has 10 radical (unpaired) electrons. The highest BCUT2D eigenvalue weighted by Gasteiger charge is 2.45. The molecule has 3 rings (SSSR count). The Kier molecular flexibility index (Phi) is 3.13. The zero-order chi connectivity index (χ0) is 15.4. The molecule has 21 heavy (non-hydrogen) atoms. The summed E-state index contributed by atoms with van der Waals surface area (Å²) in [5.41, 5.74) is -1.39. The Hall–Kier alpha value is -1.43. The van der Waals surface area contributed by atoms with Crippen molar-refractivity contribution in [2.24, 2.45) is 4.99 Å². The van der Waals surface area contributed by atoms with Crippen LogP contribution in [0, 0.1) is 0 Å². The van der Waals surface area contributed by atoms with E-state index in [2.05, 4.69) is 10.3 Å². The molecular formula is C11H7B5N2O3. The molecule has 2 heterocycles. The summed E-state index contributed by atoms with van der Waals surface area (Å²) in [7, 11) is 28.2. The van der Waals surface area contributed by atoms with Gasteiger partial charge in [-0.15, -0.1) is 0 Å². The average Bonchev–Trinajstić information content (AvgIpc) is 2.59. The molecular weight excluding hydrogens is 262 g/mol. The number of nitrogens with zero attached hydrogens (tertiary/aromatic N) is 1. The standard InChI is InChI=1S/C11H7B5N2O3/c12-4-1-6-7(2-5(4)13)21-8(3-20-6)9-17-10(14,15)11(16,19)18-9/h1-2,8,19H,3H2,(H,17,18). The summed E-state index contributed by atoms with van der Waals surface area (Å²) in [6.45, 7) is 0.119. The first-order valence-electron chi connectivity index (χ1n) is 6.15. The SMILES string of the molecule is [B]c1cc2c(cc1[B])OC(C1=NC([B])(O)C([B])([B])N1)CO2. The molecule has 0 aliphatic carbocycles. The molecule has 2 unspecified atom stereocenters. The van der Waals surface area contributed by atoms with Crippen LogP contribution in [0.25, 0.3) is 0 Å². The van der Waals surface area contributed by atoms with Crippen LogP contribution in [0.1, 0.15) is 0 Å². The average molecular weight is 269 g/mol. The van der Waals surface area contributed by atoms with Gasteiger partial charge in [0.2, 0.25) is 0 Å². The van der Waals surface area contributed by atoms with Gasteiger partial charge in [-0.25, -0.2) is 4.99 Å². The van der Waals surface area contributed by atoms with Crippen molar-refractivity contribution in [2.45, 2.75) is 17.1 Å². The second kappa shape index (κ2) is 4.53. The lowest BCUT2D eigenvalue weighted by Gasteiger charge is -2.34. The van der Waals surface area contributed by atoms with Crippen molar-refractivity contribution in [3.8, 4) is 11.5 Å². The van der Waals surface area contributed by atoms with Crippen LogP contribution in [0.3, 0.4) is 0 Å². The Morgan fingerprint density at radius 2 is 1.81 bits per heavy atom. The van der Waals surface area contributed by atoms with E-state index < -0.39 is 17.1 Å². The predicted octanol–water partition coefficient (Wildman–Crippen LogP) is -3.78. The molecule has 2 aliphatic heterocycles. The third kappa shape index (κ3) is 2.35. The Morgan fingerprint density at radius 1 is 1.19 bits per heavy atom. The van der Waals surface area contributed by atoms with Gasteiger partial charge in [-0.05, 0) is 12.1 Å². The molecule has 1 aromatic carbocycles. The van der Waals surface area contributed by atoms with Gasteiger partial charge in [0.15, 0.2) is 17.6 Å². The van der Waals surface area contributed by atoms with Gasteiger partial charge in [0.1, 0.15) is 41.6 Å². The van der Waals surface area contributed by atoms with E-state index in [1.165, 1.54) is 0 Å². The molecule has 0 saturated carbocycles. The minimum atomic E-state index is -2.15. The number of fused-ring (bicyclic) bond motifs is 1. The number of nitrogens with one attached hydrogen (secondary N) is 1. The molecule has 2 N–H and O–H groups in total. The highest BCUT2D eigenvalue weighted by molar-refractivity contribution is 6.49. The largest absolute Gasteiger partial charge is 0.485 e. The first-order chi connectivity index (χ1) is 9.69. The number of rotatable bonds is 1. The highest BCUT2D eigenvalue weighted by atomic mass is 16.6. The summed E-state index contributed by atoms with van der Waals surface area (Å²) in [5.74, 6) is 1.05. The van der Waals surface area contributed by atoms with Crippen LogP contribution in [0.5, 0.6) is 11.5 Å². The lowest BCUT2D eigenvalue weighted by molar-refractivity contribution is 0.124. The van der Waals surface area contributed by atoms with Crippen molar-refractivity contribution in [2.75, 3.05) is 6.61 Å². The maximum atomic E-state index is 9.84. The van der Waals surface area contributed by atoms with E-state index in [0.29, 0.717) is 22.4 Å². The van der Waals surface area contributed by atoms with Gasteiger partial charge in [-0.3, -0.25) is 0 Å². The number of aliphatic hydroxyl groups is 1. The summed E-state index contributed by atoms with van der Waals surface area (Å²) in [4.78, 5) is 3.84. The molecule has 2 atom stereocenters. The number of ether oxygens (including phenoxy) is 2. The van der Waals surface area contributed by atoms with Gasteiger partial charge in [0, 0.05) is 5.34 Å². The van der Waals surface area contributed by atoms with E-state index in [1.54, 1.807) is 12.1 Å². The van der Waals surface area contributed by atoms with Crippen molar-refractivity contribution in [3.05, 3.63) is 12.1 Å². The zero-order valence-electron chi connectivity index (χ0n) is 11.0. The predicted molar refractivity (Wildman–Crippen MR) is 82.6 cm³/mol. The van der Waals surface area contributed by atoms with E-state index >= 15 is 0 Å². The van der Waals surface area contributed by atoms with Crippen LogP contribution in [0.4, 0.5) is 0 Å². The van der Waals surface area contributed by atoms with Crippen LogP contribution >= 0.6 is 0 Å². The van der Waals surface area contributed by atoms with Gasteiger partial charge >= 0.3 is 0 Å². The third-order valence-corrected chi connectivity index (χ3v) is 3.35. The third-order valence-electron chi connectivity index (χ3n) is 3.35. The zero-order valence-corrected chi connectivity index (χ0v) is 11.0. The molecule has 0 saturated heterocycles. The summed E-state index contributed by atoms with van der Waals surface area (Å²) in [6.07, 6.45) is -0.662. The summed E-state index contributed by atoms with van der Waals surface area (Å²) < 4.78 is 11.2. The Balaban J connectivity index is 1.86. The van der Waals surface area contributed by atoms with Crippen LogP contribution in [0.15, 0.2) is 17.1 Å². The lowest BCUT2D eigenvalue weighted by atomic mass is 9.51. The lowest BCUT2D eigenvalue weighted by Crippen LogP contribution is -2.61. The fraction of sp³-hybridized carbons (Fsp3) is 0.364. The van der Waals surface area contributed by atoms with Gasteiger partial charge in [-0.2, -0.15) is 0 Å². The second-order valence-corrected chi connectivity index (χ2v) is 5.06. The summed E-state index contributed by atoms with van der Waals surface area (Å²) in [5, 5.41) is 10.7. The number of hydrogen-bond acceptors (Lipinski definition) is 5. The van der Waals surface area contributed by atoms with E-state index in [9.17, 15) is 5.11 Å². The van der Waals surface area contributed by atoms with E-state index in [4.69, 9.17) is 48.7 Å². The van der Waals surface area contributed by atoms with Crippen molar-refractivity contribution >= 4 is 56.0 Å². The fourth-order valence-electron chi connectivity index (χ4n) is 2.04. The molecule has 0 fully saturated rings. The number of benzene rings is 1. The van der Waals surface area contributed by atoms with Crippen LogP contribution < -0.4 is 25.7 Å². The molecule has 2 aliphatic rings. The molecule has 94 valence electrons. The molecule has 10 heteroatoms. The molecule has 5 nitrogen and oxygen atoms in total. The van der Waals surface area contributed by atoms with Gasteiger partial charge in [0.25, 0.3) is 0 Å². The Labute approximate surface area is 128 Å². The molecule has 0 spiro atoms. The fourth-order valence-corrected chi connectivity index (χ4v) is 2.04. The topological polar surface area (TPSA) is 63.1 Å². The normalized spacial score (nSPS) is 29.6.